The van der Waals surface area contributed by atoms with Crippen LogP contribution in [0.3, 0.4) is 0 Å². The minimum Gasteiger partial charge on any atom is -0.460 e. The molecular formula is C12H15NO2. The van der Waals surface area contributed by atoms with Gasteiger partial charge in [-0.05, 0) is 12.8 Å². The fourth-order valence-corrected chi connectivity index (χ4v) is 1.64. The lowest BCUT2D eigenvalue weighted by atomic mass is 10.2. The summed E-state index contributed by atoms with van der Waals surface area (Å²) in [7, 11) is 0. The van der Waals surface area contributed by atoms with Gasteiger partial charge in [0.2, 0.25) is 5.88 Å². The summed E-state index contributed by atoms with van der Waals surface area (Å²) in [4.78, 5) is 2.08. The van der Waals surface area contributed by atoms with Gasteiger partial charge in [0.05, 0.1) is 0 Å². The molecule has 3 heteroatoms. The van der Waals surface area contributed by atoms with Crippen molar-refractivity contribution in [3.05, 3.63) is 49.1 Å². The molecule has 0 radical (unpaired) electrons. The van der Waals surface area contributed by atoms with Crippen LogP contribution in [0.25, 0.3) is 0 Å². The van der Waals surface area contributed by atoms with Gasteiger partial charge in [-0.1, -0.05) is 12.2 Å². The van der Waals surface area contributed by atoms with Gasteiger partial charge in [0.1, 0.15) is 12.5 Å². The summed E-state index contributed by atoms with van der Waals surface area (Å²) in [6.07, 6.45) is 12.1. The highest BCUT2D eigenvalue weighted by atomic mass is 16.6. The Balaban J connectivity index is 2.17. The maximum atomic E-state index is 5.48. The molecule has 0 unspecified atom stereocenters. The Kier molecular flexibility index (Phi) is 3.12. The van der Waals surface area contributed by atoms with Crippen molar-refractivity contribution in [1.29, 1.82) is 0 Å². The third-order valence-electron chi connectivity index (χ3n) is 2.33. The zero-order valence-electron chi connectivity index (χ0n) is 8.69. The van der Waals surface area contributed by atoms with E-state index in [-0.39, 0.29) is 0 Å². The molecule has 0 bridgehead atoms. The Morgan fingerprint density at radius 1 is 1.40 bits per heavy atom. The highest BCUT2D eigenvalue weighted by Gasteiger charge is 2.18. The van der Waals surface area contributed by atoms with Crippen molar-refractivity contribution in [3.8, 4) is 0 Å². The molecule has 0 spiro atoms. The zero-order valence-corrected chi connectivity index (χ0v) is 8.69. The van der Waals surface area contributed by atoms with Crippen LogP contribution in [0.2, 0.25) is 0 Å². The summed E-state index contributed by atoms with van der Waals surface area (Å²) in [6.45, 7) is 4.68. The molecule has 15 heavy (non-hydrogen) atoms. The molecule has 0 aromatic rings. The third-order valence-corrected chi connectivity index (χ3v) is 2.33. The first-order chi connectivity index (χ1) is 7.42. The zero-order chi connectivity index (χ0) is 10.5. The average Bonchev–Trinajstić information content (AvgIpc) is 2.31. The molecule has 0 amide bonds. The lowest BCUT2D eigenvalue weighted by Gasteiger charge is -2.27. The Bertz CT molecular complexity index is 325. The van der Waals surface area contributed by atoms with Gasteiger partial charge in [0, 0.05) is 19.2 Å². The second kappa shape index (κ2) is 4.73. The van der Waals surface area contributed by atoms with Crippen LogP contribution in [0.5, 0.6) is 0 Å². The van der Waals surface area contributed by atoms with Gasteiger partial charge in [-0.3, -0.25) is 0 Å². The maximum Gasteiger partial charge on any atom is 0.238 e. The number of hydrogen-bond donors (Lipinski definition) is 0. The van der Waals surface area contributed by atoms with Gasteiger partial charge >= 0.3 is 0 Å². The first kappa shape index (κ1) is 9.90. The van der Waals surface area contributed by atoms with E-state index in [0.29, 0.717) is 6.42 Å². The van der Waals surface area contributed by atoms with E-state index in [2.05, 4.69) is 17.6 Å². The van der Waals surface area contributed by atoms with E-state index in [9.17, 15) is 0 Å². The van der Waals surface area contributed by atoms with Crippen molar-refractivity contribution in [3.63, 3.8) is 0 Å². The lowest BCUT2D eigenvalue weighted by Crippen LogP contribution is -2.24. The number of rotatable bonds is 3. The molecule has 0 fully saturated rings. The fraction of sp³-hybridized carbons (Fsp3) is 0.333. The van der Waals surface area contributed by atoms with E-state index >= 15 is 0 Å². The predicted octanol–water partition coefficient (Wildman–Crippen LogP) is 2.86. The Hall–Kier alpha value is -1.64. The second-order valence-corrected chi connectivity index (χ2v) is 3.45. The van der Waals surface area contributed by atoms with Crippen molar-refractivity contribution in [2.45, 2.75) is 19.3 Å². The predicted molar refractivity (Wildman–Crippen MR) is 58.2 cm³/mol. The van der Waals surface area contributed by atoms with Crippen molar-refractivity contribution in [1.82, 2.24) is 4.90 Å². The second-order valence-electron chi connectivity index (χ2n) is 3.45. The largest absolute Gasteiger partial charge is 0.460 e. The molecule has 3 nitrogen and oxygen atoms in total. The summed E-state index contributed by atoms with van der Waals surface area (Å²) in [5, 5.41) is 0. The van der Waals surface area contributed by atoms with Gasteiger partial charge in [-0.2, -0.15) is 0 Å². The van der Waals surface area contributed by atoms with Crippen LogP contribution in [0.15, 0.2) is 49.1 Å². The average molecular weight is 205 g/mol. The standard InChI is InChI=1S/C12H15NO2/c1-2-6-11-12(15-10-9-14-11)13-7-4-3-5-8-13/h2,4,7,9-10H,1,3,5-6,8H2. The molecule has 2 aliphatic rings. The van der Waals surface area contributed by atoms with Crippen LogP contribution in [0.4, 0.5) is 0 Å². The molecule has 0 saturated heterocycles. The summed E-state index contributed by atoms with van der Waals surface area (Å²) in [5.41, 5.74) is 0. The molecule has 2 aliphatic heterocycles. The van der Waals surface area contributed by atoms with Gasteiger partial charge in [-0.25, -0.2) is 0 Å². The van der Waals surface area contributed by atoms with E-state index in [1.54, 1.807) is 12.5 Å². The number of hydrogen-bond acceptors (Lipinski definition) is 3. The van der Waals surface area contributed by atoms with E-state index < -0.39 is 0 Å². The fourth-order valence-electron chi connectivity index (χ4n) is 1.64. The third kappa shape index (κ3) is 2.24. The first-order valence-corrected chi connectivity index (χ1v) is 5.17. The number of allylic oxidation sites excluding steroid dienone is 2. The maximum absolute atomic E-state index is 5.48. The number of ether oxygens (including phenoxy) is 2. The molecule has 0 aromatic carbocycles. The van der Waals surface area contributed by atoms with Crippen molar-refractivity contribution in [2.24, 2.45) is 0 Å². The van der Waals surface area contributed by atoms with Crippen molar-refractivity contribution < 1.29 is 9.47 Å². The van der Waals surface area contributed by atoms with Gasteiger partial charge in [-0.15, -0.1) is 6.58 Å². The molecule has 0 N–H and O–H groups in total. The Morgan fingerprint density at radius 2 is 2.27 bits per heavy atom. The molecule has 2 heterocycles. The summed E-state index contributed by atoms with van der Waals surface area (Å²) >= 11 is 0. The van der Waals surface area contributed by atoms with Gasteiger partial charge < -0.3 is 14.4 Å². The normalized spacial score (nSPS) is 19.9. The molecule has 0 saturated carbocycles. The van der Waals surface area contributed by atoms with E-state index in [0.717, 1.165) is 31.0 Å². The topological polar surface area (TPSA) is 21.7 Å². The minimum absolute atomic E-state index is 0.685. The molecule has 2 rings (SSSR count). The van der Waals surface area contributed by atoms with E-state index in [1.165, 1.54) is 0 Å². The van der Waals surface area contributed by atoms with E-state index in [1.807, 2.05) is 12.3 Å². The molecule has 80 valence electrons. The van der Waals surface area contributed by atoms with Crippen LogP contribution in [-0.2, 0) is 9.47 Å². The van der Waals surface area contributed by atoms with Crippen molar-refractivity contribution in [2.75, 3.05) is 6.54 Å². The summed E-state index contributed by atoms with van der Waals surface area (Å²) < 4.78 is 10.9. The van der Waals surface area contributed by atoms with E-state index in [4.69, 9.17) is 9.47 Å². The Morgan fingerprint density at radius 3 is 3.00 bits per heavy atom. The SMILES string of the molecule is C=CCC1=C(N2C=CCCC2)OC=CO1. The summed E-state index contributed by atoms with van der Waals surface area (Å²) in [6, 6.07) is 0. The minimum atomic E-state index is 0.685. The first-order valence-electron chi connectivity index (χ1n) is 5.17. The van der Waals surface area contributed by atoms with Crippen LogP contribution in [0, 0.1) is 0 Å². The molecule has 0 aromatic heterocycles. The highest BCUT2D eigenvalue weighted by Crippen LogP contribution is 2.23. The molecule has 0 aliphatic carbocycles. The number of nitrogens with zero attached hydrogens (tertiary/aromatic N) is 1. The monoisotopic (exact) mass is 205 g/mol. The van der Waals surface area contributed by atoms with Crippen LogP contribution in [0.1, 0.15) is 19.3 Å². The van der Waals surface area contributed by atoms with Crippen LogP contribution >= 0.6 is 0 Å². The summed E-state index contributed by atoms with van der Waals surface area (Å²) in [5.74, 6) is 1.60. The Labute approximate surface area is 90.0 Å². The lowest BCUT2D eigenvalue weighted by molar-refractivity contribution is 0.149. The smallest absolute Gasteiger partial charge is 0.238 e. The molecule has 0 atom stereocenters. The van der Waals surface area contributed by atoms with Crippen LogP contribution < -0.4 is 0 Å². The van der Waals surface area contributed by atoms with Gasteiger partial charge in [0.15, 0.2) is 5.76 Å². The highest BCUT2D eigenvalue weighted by molar-refractivity contribution is 5.12. The molecular weight excluding hydrogens is 190 g/mol. The van der Waals surface area contributed by atoms with Crippen LogP contribution in [-0.4, -0.2) is 11.4 Å². The quantitative estimate of drug-likeness (QED) is 0.661. The van der Waals surface area contributed by atoms with Crippen molar-refractivity contribution >= 4 is 0 Å². The van der Waals surface area contributed by atoms with Gasteiger partial charge in [0.25, 0.3) is 0 Å².